The fourth-order valence-corrected chi connectivity index (χ4v) is 5.88. The number of carbonyl (C=O) groups excluding carboxylic acids is 2. The SMILES string of the molecule is O=C1CCN(S(=O)(=O)c2ccccc2)CCCC(C(=O)NCCCN2CCCC2)CCN1. The lowest BCUT2D eigenvalue weighted by Crippen LogP contribution is -2.35. The molecule has 1 unspecified atom stereocenters. The highest BCUT2D eigenvalue weighted by Gasteiger charge is 2.27. The number of sulfonamides is 1. The largest absolute Gasteiger partial charge is 0.356 e. The molecule has 178 valence electrons. The summed E-state index contributed by atoms with van der Waals surface area (Å²) in [5.74, 6) is -0.427. The van der Waals surface area contributed by atoms with Crippen LogP contribution in [0.4, 0.5) is 0 Å². The molecular formula is C23H36N4O4S. The number of amides is 2. The molecule has 0 radical (unpaired) electrons. The zero-order valence-corrected chi connectivity index (χ0v) is 19.6. The topological polar surface area (TPSA) is 98.8 Å². The maximum atomic E-state index is 13.1. The van der Waals surface area contributed by atoms with Crippen LogP contribution in [0.1, 0.15) is 44.9 Å². The third-order valence-corrected chi connectivity index (χ3v) is 8.18. The van der Waals surface area contributed by atoms with Gasteiger partial charge in [0.1, 0.15) is 0 Å². The van der Waals surface area contributed by atoms with Crippen LogP contribution in [0.5, 0.6) is 0 Å². The number of carbonyl (C=O) groups is 2. The molecule has 2 heterocycles. The van der Waals surface area contributed by atoms with Crippen molar-refractivity contribution in [2.24, 2.45) is 5.92 Å². The van der Waals surface area contributed by atoms with Gasteiger partial charge in [-0.25, -0.2) is 8.42 Å². The summed E-state index contributed by atoms with van der Waals surface area (Å²) in [5, 5.41) is 5.88. The molecule has 1 atom stereocenters. The van der Waals surface area contributed by atoms with Crippen LogP contribution in [0, 0.1) is 5.92 Å². The zero-order valence-electron chi connectivity index (χ0n) is 18.8. The van der Waals surface area contributed by atoms with E-state index in [1.54, 1.807) is 30.3 Å². The predicted octanol–water partition coefficient (Wildman–Crippen LogP) is 1.59. The third-order valence-electron chi connectivity index (χ3n) is 6.26. The van der Waals surface area contributed by atoms with Gasteiger partial charge in [-0.3, -0.25) is 9.59 Å². The quantitative estimate of drug-likeness (QED) is 0.597. The number of rotatable bonds is 7. The fraction of sp³-hybridized carbons (Fsp3) is 0.652. The molecule has 2 aliphatic heterocycles. The molecule has 0 saturated carbocycles. The van der Waals surface area contributed by atoms with Crippen molar-refractivity contribution >= 4 is 21.8 Å². The van der Waals surface area contributed by atoms with Gasteiger partial charge in [-0.1, -0.05) is 18.2 Å². The van der Waals surface area contributed by atoms with Gasteiger partial charge in [0.15, 0.2) is 0 Å². The molecule has 2 saturated heterocycles. The minimum atomic E-state index is -3.68. The molecule has 2 amide bonds. The van der Waals surface area contributed by atoms with E-state index in [9.17, 15) is 18.0 Å². The van der Waals surface area contributed by atoms with Gasteiger partial charge in [-0.15, -0.1) is 0 Å². The van der Waals surface area contributed by atoms with Crippen molar-refractivity contribution in [2.45, 2.75) is 49.8 Å². The van der Waals surface area contributed by atoms with E-state index in [1.165, 1.54) is 17.1 Å². The maximum absolute atomic E-state index is 13.1. The number of hydrogen-bond donors (Lipinski definition) is 2. The van der Waals surface area contributed by atoms with Gasteiger partial charge in [0.05, 0.1) is 4.90 Å². The second-order valence-corrected chi connectivity index (χ2v) is 10.6. The summed E-state index contributed by atoms with van der Waals surface area (Å²) in [7, 11) is -3.68. The zero-order chi connectivity index (χ0) is 22.8. The molecular weight excluding hydrogens is 428 g/mol. The maximum Gasteiger partial charge on any atom is 0.243 e. The van der Waals surface area contributed by atoms with Gasteiger partial charge in [0.25, 0.3) is 0 Å². The molecule has 3 rings (SSSR count). The molecule has 8 nitrogen and oxygen atoms in total. The highest BCUT2D eigenvalue weighted by atomic mass is 32.2. The lowest BCUT2D eigenvalue weighted by Gasteiger charge is -2.22. The fourth-order valence-electron chi connectivity index (χ4n) is 4.38. The van der Waals surface area contributed by atoms with E-state index in [-0.39, 0.29) is 35.6 Å². The van der Waals surface area contributed by atoms with Crippen LogP contribution >= 0.6 is 0 Å². The molecule has 2 aliphatic rings. The Morgan fingerprint density at radius 1 is 1.03 bits per heavy atom. The van der Waals surface area contributed by atoms with Crippen LogP contribution in [0.2, 0.25) is 0 Å². The number of hydrogen-bond acceptors (Lipinski definition) is 5. The van der Waals surface area contributed by atoms with E-state index in [4.69, 9.17) is 0 Å². The van der Waals surface area contributed by atoms with Crippen LogP contribution < -0.4 is 10.6 Å². The normalized spacial score (nSPS) is 22.1. The first-order valence-corrected chi connectivity index (χ1v) is 13.2. The smallest absolute Gasteiger partial charge is 0.243 e. The Bertz CT molecular complexity index is 841. The Labute approximate surface area is 191 Å². The number of likely N-dealkylation sites (tertiary alicyclic amines) is 1. The van der Waals surface area contributed by atoms with E-state index in [2.05, 4.69) is 15.5 Å². The van der Waals surface area contributed by atoms with Crippen molar-refractivity contribution in [1.82, 2.24) is 19.8 Å². The molecule has 1 aromatic rings. The van der Waals surface area contributed by atoms with E-state index in [0.717, 1.165) is 26.1 Å². The minimum absolute atomic E-state index is 0.00242. The Morgan fingerprint density at radius 3 is 2.53 bits per heavy atom. The Kier molecular flexibility index (Phi) is 9.50. The van der Waals surface area contributed by atoms with E-state index >= 15 is 0 Å². The second kappa shape index (κ2) is 12.3. The first-order valence-electron chi connectivity index (χ1n) is 11.8. The number of benzene rings is 1. The summed E-state index contributed by atoms with van der Waals surface area (Å²) in [6.07, 6.45) is 5.29. The predicted molar refractivity (Wildman–Crippen MR) is 123 cm³/mol. The Balaban J connectivity index is 1.55. The third kappa shape index (κ3) is 7.28. The van der Waals surface area contributed by atoms with Gasteiger partial charge < -0.3 is 15.5 Å². The molecule has 0 aromatic heterocycles. The van der Waals surface area contributed by atoms with Crippen molar-refractivity contribution in [2.75, 3.05) is 45.8 Å². The molecule has 32 heavy (non-hydrogen) atoms. The van der Waals surface area contributed by atoms with Crippen molar-refractivity contribution in [3.63, 3.8) is 0 Å². The van der Waals surface area contributed by atoms with E-state index in [1.807, 2.05) is 0 Å². The second-order valence-electron chi connectivity index (χ2n) is 8.64. The Hall–Kier alpha value is -1.97. The average Bonchev–Trinajstić information content (AvgIpc) is 3.30. The monoisotopic (exact) mass is 464 g/mol. The standard InChI is InChI=1S/C23H36N4O4S/c28-22-12-19-27(32(30,31)21-9-2-1-3-10-21)18-6-8-20(11-14-24-22)23(29)25-13-7-17-26-15-4-5-16-26/h1-3,9-10,20H,4-8,11-19H2,(H,24,28)(H,25,29). The van der Waals surface area contributed by atoms with Gasteiger partial charge >= 0.3 is 0 Å². The van der Waals surface area contributed by atoms with Crippen molar-refractivity contribution in [1.29, 1.82) is 0 Å². The van der Waals surface area contributed by atoms with Gasteiger partial charge in [0, 0.05) is 38.5 Å². The highest BCUT2D eigenvalue weighted by Crippen LogP contribution is 2.19. The van der Waals surface area contributed by atoms with Crippen molar-refractivity contribution in [3.05, 3.63) is 30.3 Å². The van der Waals surface area contributed by atoms with Crippen LogP contribution in [-0.2, 0) is 19.6 Å². The summed E-state index contributed by atoms with van der Waals surface area (Å²) in [6, 6.07) is 8.29. The van der Waals surface area contributed by atoms with E-state index in [0.29, 0.717) is 38.9 Å². The summed E-state index contributed by atoms with van der Waals surface area (Å²) in [6.45, 7) is 4.81. The summed E-state index contributed by atoms with van der Waals surface area (Å²) in [5.41, 5.74) is 0. The van der Waals surface area contributed by atoms with Gasteiger partial charge in [0.2, 0.25) is 21.8 Å². The Morgan fingerprint density at radius 2 is 1.78 bits per heavy atom. The van der Waals surface area contributed by atoms with Crippen LogP contribution in [0.25, 0.3) is 0 Å². The first kappa shape index (κ1) is 24.7. The summed E-state index contributed by atoms with van der Waals surface area (Å²) < 4.78 is 27.5. The molecule has 2 N–H and O–H groups in total. The molecule has 1 aromatic carbocycles. The summed E-state index contributed by atoms with van der Waals surface area (Å²) >= 11 is 0. The molecule has 2 fully saturated rings. The van der Waals surface area contributed by atoms with E-state index < -0.39 is 10.0 Å². The van der Waals surface area contributed by atoms with Gasteiger partial charge in [-0.05, 0) is 70.3 Å². The van der Waals surface area contributed by atoms with Crippen molar-refractivity contribution in [3.8, 4) is 0 Å². The van der Waals surface area contributed by atoms with Gasteiger partial charge in [-0.2, -0.15) is 4.31 Å². The number of nitrogens with zero attached hydrogens (tertiary/aromatic N) is 2. The van der Waals surface area contributed by atoms with Crippen molar-refractivity contribution < 1.29 is 18.0 Å². The molecule has 0 spiro atoms. The van der Waals surface area contributed by atoms with Crippen LogP contribution in [-0.4, -0.2) is 75.3 Å². The summed E-state index contributed by atoms with van der Waals surface area (Å²) in [4.78, 5) is 27.6. The number of nitrogens with one attached hydrogen (secondary N) is 2. The molecule has 9 heteroatoms. The lowest BCUT2D eigenvalue weighted by molar-refractivity contribution is -0.126. The average molecular weight is 465 g/mol. The minimum Gasteiger partial charge on any atom is -0.356 e. The van der Waals surface area contributed by atoms with Crippen LogP contribution in [0.15, 0.2) is 35.2 Å². The van der Waals surface area contributed by atoms with Crippen LogP contribution in [0.3, 0.4) is 0 Å². The molecule has 0 bridgehead atoms. The lowest BCUT2D eigenvalue weighted by atomic mass is 9.98. The first-order chi connectivity index (χ1) is 15.5. The highest BCUT2D eigenvalue weighted by molar-refractivity contribution is 7.89. The molecule has 0 aliphatic carbocycles.